The molecule has 1 aliphatic heterocycles. The standard InChI is InChI=1S/C42H69N3O19/c1-52-12-13-54-16-17-56-20-21-58-24-25-60-28-29-62-32-33-63-31-30-61-27-26-59-23-22-57-19-18-55-15-14-53-11-9-38(46)43-10-5-4-8-37(42(50)51)44-39(47)34-64-45-40(48)35-6-2-3-7-36(35)41(45)49/h2-3,6-7,37H,4-5,8-34H2,1H3,(H,43,46)(H,44,47)(H,50,51)/t37-/m0/s1. The minimum atomic E-state index is -1.25. The Hall–Kier alpha value is -3.75. The first-order valence-corrected chi connectivity index (χ1v) is 21.6. The molecular weight excluding hydrogens is 850 g/mol. The molecule has 2 rings (SSSR count). The molecule has 0 radical (unpaired) electrons. The lowest BCUT2D eigenvalue weighted by Crippen LogP contribution is -2.44. The van der Waals surface area contributed by atoms with E-state index in [1.54, 1.807) is 19.2 Å². The van der Waals surface area contributed by atoms with E-state index in [0.29, 0.717) is 170 Å². The van der Waals surface area contributed by atoms with E-state index >= 15 is 0 Å². The van der Waals surface area contributed by atoms with E-state index in [1.165, 1.54) is 12.1 Å². The Morgan fingerprint density at radius 3 is 1.25 bits per heavy atom. The van der Waals surface area contributed by atoms with Crippen molar-refractivity contribution in [2.24, 2.45) is 0 Å². The highest BCUT2D eigenvalue weighted by molar-refractivity contribution is 6.20. The van der Waals surface area contributed by atoms with Gasteiger partial charge in [-0.3, -0.25) is 24.0 Å². The molecule has 0 spiro atoms. The molecule has 3 N–H and O–H groups in total. The Kier molecular flexibility index (Phi) is 34.9. The van der Waals surface area contributed by atoms with Crippen LogP contribution in [0.5, 0.6) is 0 Å². The van der Waals surface area contributed by atoms with Crippen LogP contribution >= 0.6 is 0 Å². The molecule has 0 fully saturated rings. The van der Waals surface area contributed by atoms with Crippen molar-refractivity contribution in [2.45, 2.75) is 31.7 Å². The summed E-state index contributed by atoms with van der Waals surface area (Å²) < 4.78 is 64.8. The SMILES string of the molecule is COCCOCCOCCOCCOCCOCCOCCOCCOCCOCCOCCOCCC(=O)NCCCC[C@H](NC(=O)CON1C(=O)c2ccccc2C1=O)C(=O)O. The van der Waals surface area contributed by atoms with Crippen molar-refractivity contribution in [3.8, 4) is 0 Å². The Morgan fingerprint density at radius 1 is 0.531 bits per heavy atom. The van der Waals surface area contributed by atoms with Gasteiger partial charge in [-0.25, -0.2) is 4.79 Å². The van der Waals surface area contributed by atoms with Crippen molar-refractivity contribution in [1.82, 2.24) is 15.7 Å². The molecule has 0 aliphatic carbocycles. The lowest BCUT2D eigenvalue weighted by molar-refractivity contribution is -0.147. The summed E-state index contributed by atoms with van der Waals surface area (Å²) in [6, 6.07) is 4.91. The first-order chi connectivity index (χ1) is 31.3. The summed E-state index contributed by atoms with van der Waals surface area (Å²) in [5, 5.41) is 15.0. The number of hydrogen-bond acceptors (Lipinski definition) is 18. The number of carboxylic acid groups (broad SMARTS) is 1. The van der Waals surface area contributed by atoms with Gasteiger partial charge in [0.05, 0.1) is 163 Å². The maximum absolute atomic E-state index is 12.3. The molecule has 0 aromatic heterocycles. The number of carbonyl (C=O) groups excluding carboxylic acids is 4. The van der Waals surface area contributed by atoms with E-state index in [-0.39, 0.29) is 36.5 Å². The topological polar surface area (TPSA) is 253 Å². The van der Waals surface area contributed by atoms with Crippen molar-refractivity contribution >= 4 is 29.6 Å². The quantitative estimate of drug-likeness (QED) is 0.0587. The fourth-order valence-corrected chi connectivity index (χ4v) is 5.30. The normalized spacial score (nSPS) is 12.8. The van der Waals surface area contributed by atoms with Crippen molar-refractivity contribution in [2.75, 3.05) is 172 Å². The number of hydroxylamine groups is 2. The second-order valence-corrected chi connectivity index (χ2v) is 13.5. The maximum Gasteiger partial charge on any atom is 0.326 e. The number of nitrogens with one attached hydrogen (secondary N) is 2. The Bertz CT molecular complexity index is 1360. The number of methoxy groups -OCH3 is 1. The zero-order chi connectivity index (χ0) is 46.1. The molecule has 1 aromatic rings. The molecule has 22 nitrogen and oxygen atoms in total. The fourth-order valence-electron chi connectivity index (χ4n) is 5.30. The molecule has 366 valence electrons. The maximum atomic E-state index is 12.3. The van der Waals surface area contributed by atoms with Gasteiger partial charge in [-0.15, -0.1) is 5.06 Å². The number of fused-ring (bicyclic) bond motifs is 1. The van der Waals surface area contributed by atoms with Crippen LogP contribution in [-0.2, 0) is 76.1 Å². The third-order valence-electron chi connectivity index (χ3n) is 8.58. The van der Waals surface area contributed by atoms with Crippen molar-refractivity contribution in [3.05, 3.63) is 35.4 Å². The zero-order valence-corrected chi connectivity index (χ0v) is 37.1. The summed E-state index contributed by atoms with van der Waals surface area (Å²) in [6.07, 6.45) is 1.13. The monoisotopic (exact) mass is 919 g/mol. The number of carboxylic acids is 1. The van der Waals surface area contributed by atoms with Crippen LogP contribution in [0.4, 0.5) is 0 Å². The van der Waals surface area contributed by atoms with Crippen LogP contribution in [0.25, 0.3) is 0 Å². The van der Waals surface area contributed by atoms with E-state index in [2.05, 4.69) is 10.6 Å². The number of carbonyl (C=O) groups is 5. The number of amides is 4. The van der Waals surface area contributed by atoms with Gasteiger partial charge in [0.25, 0.3) is 11.8 Å². The van der Waals surface area contributed by atoms with Crippen LogP contribution < -0.4 is 10.6 Å². The molecule has 0 bridgehead atoms. The molecule has 0 unspecified atom stereocenters. The first-order valence-electron chi connectivity index (χ1n) is 21.6. The Morgan fingerprint density at radius 2 is 0.891 bits per heavy atom. The number of imide groups is 1. The lowest BCUT2D eigenvalue weighted by atomic mass is 10.1. The molecule has 64 heavy (non-hydrogen) atoms. The van der Waals surface area contributed by atoms with Gasteiger partial charge in [-0.1, -0.05) is 12.1 Å². The number of aliphatic carboxylic acids is 1. The van der Waals surface area contributed by atoms with Gasteiger partial charge in [-0.2, -0.15) is 0 Å². The summed E-state index contributed by atoms with van der Waals surface area (Å²) in [5.41, 5.74) is 0.312. The average molecular weight is 920 g/mol. The van der Waals surface area contributed by atoms with E-state index < -0.39 is 36.3 Å². The molecule has 4 amide bonds. The highest BCUT2D eigenvalue weighted by Gasteiger charge is 2.37. The van der Waals surface area contributed by atoms with Gasteiger partial charge in [0.15, 0.2) is 6.61 Å². The molecular formula is C42H69N3O19. The third kappa shape index (κ3) is 28.9. The van der Waals surface area contributed by atoms with E-state index in [4.69, 9.17) is 61.7 Å². The van der Waals surface area contributed by atoms with Crippen LogP contribution in [0.15, 0.2) is 24.3 Å². The summed E-state index contributed by atoms with van der Waals surface area (Å²) >= 11 is 0. The van der Waals surface area contributed by atoms with E-state index in [0.717, 1.165) is 0 Å². The molecule has 0 saturated heterocycles. The van der Waals surface area contributed by atoms with Gasteiger partial charge >= 0.3 is 5.97 Å². The lowest BCUT2D eigenvalue weighted by Gasteiger charge is -2.16. The minimum absolute atomic E-state index is 0.0979. The van der Waals surface area contributed by atoms with Crippen molar-refractivity contribution in [1.29, 1.82) is 0 Å². The molecule has 1 aliphatic rings. The van der Waals surface area contributed by atoms with Crippen LogP contribution in [0.3, 0.4) is 0 Å². The van der Waals surface area contributed by atoms with E-state index in [9.17, 15) is 29.1 Å². The largest absolute Gasteiger partial charge is 0.480 e. The van der Waals surface area contributed by atoms with Crippen LogP contribution in [-0.4, -0.2) is 218 Å². The highest BCUT2D eigenvalue weighted by atomic mass is 16.7. The number of unbranched alkanes of at least 4 members (excludes halogenated alkanes) is 1. The smallest absolute Gasteiger partial charge is 0.326 e. The van der Waals surface area contributed by atoms with Gasteiger partial charge in [0, 0.05) is 20.1 Å². The number of rotatable bonds is 46. The minimum Gasteiger partial charge on any atom is -0.480 e. The van der Waals surface area contributed by atoms with Crippen LogP contribution in [0, 0.1) is 0 Å². The number of nitrogens with zero attached hydrogens (tertiary/aromatic N) is 1. The summed E-state index contributed by atoms with van der Waals surface area (Å²) in [6.45, 7) is 10.1. The van der Waals surface area contributed by atoms with E-state index in [1.807, 2.05) is 0 Å². The van der Waals surface area contributed by atoms with Gasteiger partial charge < -0.3 is 72.6 Å². The second-order valence-electron chi connectivity index (χ2n) is 13.5. The second kappa shape index (κ2) is 39.6. The summed E-state index contributed by atoms with van der Waals surface area (Å²) in [7, 11) is 1.63. The van der Waals surface area contributed by atoms with Crippen LogP contribution in [0.1, 0.15) is 46.4 Å². The Balaban J connectivity index is 1.24. The molecule has 22 heteroatoms. The Labute approximate surface area is 374 Å². The third-order valence-corrected chi connectivity index (χ3v) is 8.58. The van der Waals surface area contributed by atoms with Crippen molar-refractivity contribution in [3.63, 3.8) is 0 Å². The number of hydrogen-bond donors (Lipinski definition) is 3. The first kappa shape index (κ1) is 56.4. The number of benzene rings is 1. The van der Waals surface area contributed by atoms with Gasteiger partial charge in [0.2, 0.25) is 11.8 Å². The molecule has 1 heterocycles. The fraction of sp³-hybridized carbons (Fsp3) is 0.738. The molecule has 0 saturated carbocycles. The predicted molar refractivity (Wildman–Crippen MR) is 225 cm³/mol. The molecule has 1 atom stereocenters. The average Bonchev–Trinajstić information content (AvgIpc) is 3.53. The summed E-state index contributed by atoms with van der Waals surface area (Å²) in [4.78, 5) is 65.8. The highest BCUT2D eigenvalue weighted by Crippen LogP contribution is 2.22. The number of ether oxygens (including phenoxy) is 12. The van der Waals surface area contributed by atoms with Gasteiger partial charge in [-0.05, 0) is 31.4 Å². The zero-order valence-electron chi connectivity index (χ0n) is 37.1. The predicted octanol–water partition coefficient (Wildman–Crippen LogP) is 0.289. The van der Waals surface area contributed by atoms with Crippen molar-refractivity contribution < 1.29 is 90.8 Å². The molecule has 1 aromatic carbocycles. The van der Waals surface area contributed by atoms with Gasteiger partial charge in [0.1, 0.15) is 6.04 Å². The van der Waals surface area contributed by atoms with Crippen LogP contribution in [0.2, 0.25) is 0 Å². The summed E-state index contributed by atoms with van der Waals surface area (Å²) in [5.74, 6) is -3.67.